The number of likely N-dealkylation sites (tertiary alicyclic amines) is 1. The number of hydrogen-bond acceptors (Lipinski definition) is 6. The van der Waals surface area contributed by atoms with Gasteiger partial charge in [0.05, 0.1) is 24.6 Å². The van der Waals surface area contributed by atoms with Gasteiger partial charge in [-0.1, -0.05) is 0 Å². The number of aliphatic hydroxyl groups excluding tert-OH is 1. The van der Waals surface area contributed by atoms with Crippen LogP contribution in [0.4, 0.5) is 0 Å². The van der Waals surface area contributed by atoms with Gasteiger partial charge >= 0.3 is 0 Å². The maximum atomic E-state index is 12.6. The minimum atomic E-state index is -0.618. The zero-order valence-electron chi connectivity index (χ0n) is 15.4. The molecule has 0 aromatic carbocycles. The molecule has 148 valence electrons. The fourth-order valence-corrected chi connectivity index (χ4v) is 4.14. The SMILES string of the molecule is O=C(CCCC1C(=O)C=CC1=O)NC1CN[C@H](C(=O)N2CCC[C@H]2CO)C1. The van der Waals surface area contributed by atoms with Crippen molar-refractivity contribution in [3.8, 4) is 0 Å². The Balaban J connectivity index is 1.38. The van der Waals surface area contributed by atoms with Crippen LogP contribution in [0.1, 0.15) is 38.5 Å². The summed E-state index contributed by atoms with van der Waals surface area (Å²) in [6.45, 7) is 1.19. The lowest BCUT2D eigenvalue weighted by molar-refractivity contribution is -0.134. The van der Waals surface area contributed by atoms with E-state index in [0.29, 0.717) is 32.4 Å². The van der Waals surface area contributed by atoms with Gasteiger partial charge in [0.15, 0.2) is 11.6 Å². The Hall–Kier alpha value is -2.06. The van der Waals surface area contributed by atoms with E-state index >= 15 is 0 Å². The first-order valence-electron chi connectivity index (χ1n) is 9.69. The summed E-state index contributed by atoms with van der Waals surface area (Å²) in [7, 11) is 0. The predicted octanol–water partition coefficient (Wildman–Crippen LogP) is -0.689. The van der Waals surface area contributed by atoms with Crippen molar-refractivity contribution in [2.45, 2.75) is 56.7 Å². The highest BCUT2D eigenvalue weighted by Gasteiger charge is 2.37. The maximum absolute atomic E-state index is 12.6. The first kappa shape index (κ1) is 19.7. The molecule has 2 saturated heterocycles. The summed E-state index contributed by atoms with van der Waals surface area (Å²) in [5.41, 5.74) is 0. The Morgan fingerprint density at radius 2 is 2.00 bits per heavy atom. The Bertz CT molecular complexity index is 629. The van der Waals surface area contributed by atoms with Crippen molar-refractivity contribution in [2.24, 2.45) is 5.92 Å². The van der Waals surface area contributed by atoms with Crippen LogP contribution in [0.5, 0.6) is 0 Å². The highest BCUT2D eigenvalue weighted by atomic mass is 16.3. The van der Waals surface area contributed by atoms with Crippen molar-refractivity contribution in [3.05, 3.63) is 12.2 Å². The van der Waals surface area contributed by atoms with E-state index in [-0.39, 0.29) is 54.5 Å². The fraction of sp³-hybridized carbons (Fsp3) is 0.684. The fourth-order valence-electron chi connectivity index (χ4n) is 4.14. The lowest BCUT2D eigenvalue weighted by Gasteiger charge is -2.26. The second-order valence-electron chi connectivity index (χ2n) is 7.55. The number of carbonyl (C=O) groups is 4. The second-order valence-corrected chi connectivity index (χ2v) is 7.55. The van der Waals surface area contributed by atoms with E-state index in [9.17, 15) is 24.3 Å². The summed E-state index contributed by atoms with van der Waals surface area (Å²) < 4.78 is 0. The maximum Gasteiger partial charge on any atom is 0.240 e. The number of carbonyl (C=O) groups excluding carboxylic acids is 4. The minimum absolute atomic E-state index is 0.00550. The summed E-state index contributed by atoms with van der Waals surface area (Å²) in [5, 5.41) is 15.5. The minimum Gasteiger partial charge on any atom is -0.394 e. The van der Waals surface area contributed by atoms with E-state index in [1.54, 1.807) is 4.90 Å². The summed E-state index contributed by atoms with van der Waals surface area (Å²) in [6, 6.07) is -0.538. The number of aliphatic hydroxyl groups is 1. The van der Waals surface area contributed by atoms with E-state index in [0.717, 1.165) is 12.8 Å². The first-order valence-corrected chi connectivity index (χ1v) is 9.69. The number of allylic oxidation sites excluding steroid dienone is 2. The van der Waals surface area contributed by atoms with Crippen LogP contribution in [0.25, 0.3) is 0 Å². The molecule has 3 aliphatic rings. The molecule has 8 heteroatoms. The third kappa shape index (κ3) is 4.62. The lowest BCUT2D eigenvalue weighted by atomic mass is 9.97. The Labute approximate surface area is 158 Å². The first-order chi connectivity index (χ1) is 13.0. The van der Waals surface area contributed by atoms with Crippen LogP contribution in [-0.2, 0) is 19.2 Å². The molecule has 0 radical (unpaired) electrons. The Kier molecular flexibility index (Phi) is 6.38. The lowest BCUT2D eigenvalue weighted by Crippen LogP contribution is -2.46. The van der Waals surface area contributed by atoms with E-state index in [1.165, 1.54) is 12.2 Å². The van der Waals surface area contributed by atoms with E-state index < -0.39 is 5.92 Å². The molecule has 8 nitrogen and oxygen atoms in total. The normalized spacial score (nSPS) is 28.3. The van der Waals surface area contributed by atoms with Gasteiger partial charge in [0.2, 0.25) is 11.8 Å². The number of ketones is 2. The van der Waals surface area contributed by atoms with Gasteiger partial charge in [0.1, 0.15) is 0 Å². The average Bonchev–Trinajstić information content (AvgIpc) is 3.37. The smallest absolute Gasteiger partial charge is 0.240 e. The van der Waals surface area contributed by atoms with Crippen LogP contribution in [0.2, 0.25) is 0 Å². The monoisotopic (exact) mass is 377 g/mol. The molecular weight excluding hydrogens is 350 g/mol. The van der Waals surface area contributed by atoms with Crippen LogP contribution in [-0.4, -0.2) is 71.2 Å². The van der Waals surface area contributed by atoms with Crippen LogP contribution in [0, 0.1) is 5.92 Å². The molecule has 0 aromatic rings. The number of amides is 2. The van der Waals surface area contributed by atoms with Crippen molar-refractivity contribution in [2.75, 3.05) is 19.7 Å². The second kappa shape index (κ2) is 8.75. The quantitative estimate of drug-likeness (QED) is 0.506. The van der Waals surface area contributed by atoms with Gasteiger partial charge in [-0.05, 0) is 44.3 Å². The summed E-state index contributed by atoms with van der Waals surface area (Å²) in [6.07, 6.45) is 5.99. The van der Waals surface area contributed by atoms with Crippen LogP contribution in [0.15, 0.2) is 12.2 Å². The molecule has 0 aromatic heterocycles. The molecule has 0 spiro atoms. The van der Waals surface area contributed by atoms with Crippen LogP contribution in [0.3, 0.4) is 0 Å². The van der Waals surface area contributed by atoms with Gasteiger partial charge in [0, 0.05) is 25.6 Å². The Morgan fingerprint density at radius 1 is 1.26 bits per heavy atom. The summed E-state index contributed by atoms with van der Waals surface area (Å²) >= 11 is 0. The topological polar surface area (TPSA) is 116 Å². The molecule has 0 bridgehead atoms. The predicted molar refractivity (Wildman–Crippen MR) is 96.7 cm³/mol. The van der Waals surface area contributed by atoms with Gasteiger partial charge in [-0.2, -0.15) is 0 Å². The molecule has 0 saturated carbocycles. The molecule has 2 fully saturated rings. The molecule has 2 amide bonds. The van der Waals surface area contributed by atoms with Crippen molar-refractivity contribution < 1.29 is 24.3 Å². The highest BCUT2D eigenvalue weighted by molar-refractivity contribution is 6.18. The third-order valence-electron chi connectivity index (χ3n) is 5.66. The third-order valence-corrected chi connectivity index (χ3v) is 5.66. The summed E-state index contributed by atoms with van der Waals surface area (Å²) in [4.78, 5) is 49.5. The molecular formula is C19H27N3O5. The molecule has 1 unspecified atom stereocenters. The molecule has 2 heterocycles. The Morgan fingerprint density at radius 3 is 2.70 bits per heavy atom. The van der Waals surface area contributed by atoms with E-state index in [2.05, 4.69) is 10.6 Å². The zero-order chi connectivity index (χ0) is 19.4. The molecule has 3 rings (SSSR count). The molecule has 3 N–H and O–H groups in total. The van der Waals surface area contributed by atoms with Crippen LogP contribution >= 0.6 is 0 Å². The van der Waals surface area contributed by atoms with Crippen molar-refractivity contribution >= 4 is 23.4 Å². The van der Waals surface area contributed by atoms with Crippen molar-refractivity contribution in [1.82, 2.24) is 15.5 Å². The molecule has 2 aliphatic heterocycles. The van der Waals surface area contributed by atoms with E-state index in [1.807, 2.05) is 0 Å². The standard InChI is InChI=1S/C19H27N3O5/c23-11-13-3-2-8-22(13)19(27)15-9-12(10-20-15)21-18(26)5-1-4-14-16(24)6-7-17(14)25/h6-7,12-15,20,23H,1-5,8-11H2,(H,21,26)/t12?,13-,15-/m0/s1. The zero-order valence-corrected chi connectivity index (χ0v) is 15.4. The van der Waals surface area contributed by atoms with Crippen molar-refractivity contribution in [3.63, 3.8) is 0 Å². The van der Waals surface area contributed by atoms with Gasteiger partial charge in [0.25, 0.3) is 0 Å². The number of nitrogens with zero attached hydrogens (tertiary/aromatic N) is 1. The highest BCUT2D eigenvalue weighted by Crippen LogP contribution is 2.21. The van der Waals surface area contributed by atoms with Crippen molar-refractivity contribution in [1.29, 1.82) is 0 Å². The van der Waals surface area contributed by atoms with Gasteiger partial charge in [-0.15, -0.1) is 0 Å². The molecule has 1 aliphatic carbocycles. The molecule has 27 heavy (non-hydrogen) atoms. The number of hydrogen-bond donors (Lipinski definition) is 3. The van der Waals surface area contributed by atoms with Gasteiger partial charge in [-0.3, -0.25) is 19.2 Å². The van der Waals surface area contributed by atoms with Gasteiger partial charge < -0.3 is 20.6 Å². The molecule has 3 atom stereocenters. The number of rotatable bonds is 7. The van der Waals surface area contributed by atoms with Crippen LogP contribution < -0.4 is 10.6 Å². The average molecular weight is 377 g/mol. The van der Waals surface area contributed by atoms with Gasteiger partial charge in [-0.25, -0.2) is 0 Å². The van der Waals surface area contributed by atoms with E-state index in [4.69, 9.17) is 0 Å². The summed E-state index contributed by atoms with van der Waals surface area (Å²) in [5.74, 6) is -1.10. The largest absolute Gasteiger partial charge is 0.394 e. The number of nitrogens with one attached hydrogen (secondary N) is 2.